The van der Waals surface area contributed by atoms with Crippen molar-refractivity contribution in [2.75, 3.05) is 5.32 Å². The van der Waals surface area contributed by atoms with E-state index < -0.39 is 5.82 Å². The van der Waals surface area contributed by atoms with Gasteiger partial charge < -0.3 is 10.4 Å². The Morgan fingerprint density at radius 3 is 2.64 bits per heavy atom. The summed E-state index contributed by atoms with van der Waals surface area (Å²) in [5.74, 6) is -0.556. The van der Waals surface area contributed by atoms with E-state index in [2.05, 4.69) is 5.32 Å². The lowest BCUT2D eigenvalue weighted by Crippen LogP contribution is -2.12. The molecule has 0 radical (unpaired) electrons. The molecule has 0 unspecified atom stereocenters. The molecule has 14 heavy (non-hydrogen) atoms. The number of hydrogen-bond donors (Lipinski definition) is 2. The highest BCUT2D eigenvalue weighted by Crippen LogP contribution is 2.25. The van der Waals surface area contributed by atoms with Crippen LogP contribution in [0, 0.1) is 5.82 Å². The molecule has 0 atom stereocenters. The summed E-state index contributed by atoms with van der Waals surface area (Å²) in [5, 5.41) is 12.1. The maximum absolute atomic E-state index is 13.4. The molecule has 1 aromatic rings. The third-order valence-electron chi connectivity index (χ3n) is 1.80. The molecule has 4 heteroatoms. The number of aliphatic hydroxyl groups excluding tert-OH is 1. The number of aliphatic hydroxyl groups is 1. The zero-order chi connectivity index (χ0) is 10.7. The van der Waals surface area contributed by atoms with Crippen LogP contribution in [0.1, 0.15) is 19.4 Å². The van der Waals surface area contributed by atoms with Gasteiger partial charge in [0.05, 0.1) is 11.6 Å². The lowest BCUT2D eigenvalue weighted by molar-refractivity contribution is 0.276. The first kappa shape index (κ1) is 11.3. The van der Waals surface area contributed by atoms with Crippen LogP contribution in [0.15, 0.2) is 12.1 Å². The van der Waals surface area contributed by atoms with Crippen LogP contribution >= 0.6 is 11.6 Å². The van der Waals surface area contributed by atoms with Crippen LogP contribution in [0.5, 0.6) is 0 Å². The summed E-state index contributed by atoms with van der Waals surface area (Å²) in [6, 6.07) is 3.32. The Hall–Kier alpha value is -0.800. The lowest BCUT2D eigenvalue weighted by Gasteiger charge is -2.14. The Morgan fingerprint density at radius 2 is 2.14 bits per heavy atom. The smallest absolute Gasteiger partial charge is 0.149 e. The highest BCUT2D eigenvalue weighted by Gasteiger charge is 2.11. The molecule has 0 saturated heterocycles. The SMILES string of the molecule is CC(C)Nc1ccc(Cl)c(F)c1CO. The molecule has 2 N–H and O–H groups in total. The van der Waals surface area contributed by atoms with Crippen molar-refractivity contribution in [3.8, 4) is 0 Å². The van der Waals surface area contributed by atoms with Crippen LogP contribution in [-0.4, -0.2) is 11.1 Å². The quantitative estimate of drug-likeness (QED) is 0.816. The van der Waals surface area contributed by atoms with Crippen molar-refractivity contribution in [2.45, 2.75) is 26.5 Å². The predicted octanol–water partition coefficient (Wildman–Crippen LogP) is 2.79. The van der Waals surface area contributed by atoms with Gasteiger partial charge in [0.25, 0.3) is 0 Å². The summed E-state index contributed by atoms with van der Waals surface area (Å²) >= 11 is 5.59. The molecule has 0 amide bonds. The minimum atomic E-state index is -0.556. The molecule has 0 bridgehead atoms. The summed E-state index contributed by atoms with van der Waals surface area (Å²) < 4.78 is 13.4. The van der Waals surface area contributed by atoms with Gasteiger partial charge in [0.2, 0.25) is 0 Å². The van der Waals surface area contributed by atoms with E-state index in [0.717, 1.165) is 0 Å². The molecule has 0 aliphatic carbocycles. The fourth-order valence-electron chi connectivity index (χ4n) is 1.19. The third-order valence-corrected chi connectivity index (χ3v) is 2.09. The van der Waals surface area contributed by atoms with Crippen molar-refractivity contribution in [2.24, 2.45) is 0 Å². The summed E-state index contributed by atoms with van der Waals surface area (Å²) in [4.78, 5) is 0. The number of halogens is 2. The van der Waals surface area contributed by atoms with E-state index in [1.165, 1.54) is 6.07 Å². The van der Waals surface area contributed by atoms with Gasteiger partial charge in [-0.1, -0.05) is 11.6 Å². The fourth-order valence-corrected chi connectivity index (χ4v) is 1.37. The van der Waals surface area contributed by atoms with Gasteiger partial charge in [0.1, 0.15) is 5.82 Å². The number of rotatable bonds is 3. The maximum atomic E-state index is 13.4. The van der Waals surface area contributed by atoms with Gasteiger partial charge in [0.15, 0.2) is 0 Å². The van der Waals surface area contributed by atoms with Crippen LogP contribution in [0.3, 0.4) is 0 Å². The standard InChI is InChI=1S/C10H13ClFNO/c1-6(2)13-9-4-3-8(11)10(12)7(9)5-14/h3-4,6,13-14H,5H2,1-2H3. The minimum Gasteiger partial charge on any atom is -0.391 e. The number of hydrogen-bond acceptors (Lipinski definition) is 2. The summed E-state index contributed by atoms with van der Waals surface area (Å²) in [7, 11) is 0. The largest absolute Gasteiger partial charge is 0.391 e. The van der Waals surface area contributed by atoms with Crippen LogP contribution in [0.4, 0.5) is 10.1 Å². The van der Waals surface area contributed by atoms with Crippen molar-refractivity contribution in [1.29, 1.82) is 0 Å². The van der Waals surface area contributed by atoms with Crippen molar-refractivity contribution < 1.29 is 9.50 Å². The van der Waals surface area contributed by atoms with Gasteiger partial charge in [-0.3, -0.25) is 0 Å². The molecule has 1 rings (SSSR count). The lowest BCUT2D eigenvalue weighted by atomic mass is 10.1. The molecule has 2 nitrogen and oxygen atoms in total. The molecule has 0 aromatic heterocycles. The molecule has 0 aliphatic heterocycles. The second-order valence-electron chi connectivity index (χ2n) is 3.34. The third kappa shape index (κ3) is 2.36. The van der Waals surface area contributed by atoms with E-state index in [1.54, 1.807) is 6.07 Å². The molecule has 0 heterocycles. The molecule has 78 valence electrons. The van der Waals surface area contributed by atoms with Crippen LogP contribution in [-0.2, 0) is 6.61 Å². The normalized spacial score (nSPS) is 10.7. The van der Waals surface area contributed by atoms with Crippen molar-refractivity contribution in [3.05, 3.63) is 28.5 Å². The number of benzene rings is 1. The van der Waals surface area contributed by atoms with Gasteiger partial charge in [-0.2, -0.15) is 0 Å². The summed E-state index contributed by atoms with van der Waals surface area (Å²) in [6.07, 6.45) is 0. The minimum absolute atomic E-state index is 0.0309. The van der Waals surface area contributed by atoms with Gasteiger partial charge in [-0.05, 0) is 26.0 Å². The first-order chi connectivity index (χ1) is 6.56. The van der Waals surface area contributed by atoms with Crippen molar-refractivity contribution in [1.82, 2.24) is 0 Å². The molecular formula is C10H13ClFNO. The van der Waals surface area contributed by atoms with Crippen LogP contribution < -0.4 is 5.32 Å². The Labute approximate surface area is 87.7 Å². The number of anilines is 1. The molecule has 0 fully saturated rings. The first-order valence-electron chi connectivity index (χ1n) is 4.40. The number of nitrogens with one attached hydrogen (secondary N) is 1. The van der Waals surface area contributed by atoms with E-state index in [-0.39, 0.29) is 23.2 Å². The van der Waals surface area contributed by atoms with E-state index in [9.17, 15) is 4.39 Å². The van der Waals surface area contributed by atoms with E-state index in [0.29, 0.717) is 5.69 Å². The van der Waals surface area contributed by atoms with Crippen molar-refractivity contribution in [3.63, 3.8) is 0 Å². The van der Waals surface area contributed by atoms with E-state index >= 15 is 0 Å². The monoisotopic (exact) mass is 217 g/mol. The molecular weight excluding hydrogens is 205 g/mol. The molecule has 0 spiro atoms. The van der Waals surface area contributed by atoms with E-state index in [4.69, 9.17) is 16.7 Å². The van der Waals surface area contributed by atoms with Crippen molar-refractivity contribution >= 4 is 17.3 Å². The highest BCUT2D eigenvalue weighted by molar-refractivity contribution is 6.30. The summed E-state index contributed by atoms with van der Waals surface area (Å²) in [5.41, 5.74) is 0.801. The molecule has 0 saturated carbocycles. The average Bonchev–Trinajstić information content (AvgIpc) is 2.11. The first-order valence-corrected chi connectivity index (χ1v) is 4.78. The Balaban J connectivity index is 3.10. The second kappa shape index (κ2) is 4.62. The zero-order valence-electron chi connectivity index (χ0n) is 8.14. The Kier molecular flexibility index (Phi) is 3.72. The topological polar surface area (TPSA) is 32.3 Å². The van der Waals surface area contributed by atoms with Gasteiger partial charge in [-0.25, -0.2) is 4.39 Å². The van der Waals surface area contributed by atoms with Crippen LogP contribution in [0.2, 0.25) is 5.02 Å². The molecule has 1 aromatic carbocycles. The maximum Gasteiger partial charge on any atom is 0.149 e. The van der Waals surface area contributed by atoms with Gasteiger partial charge in [0, 0.05) is 17.3 Å². The van der Waals surface area contributed by atoms with Gasteiger partial charge in [-0.15, -0.1) is 0 Å². The highest BCUT2D eigenvalue weighted by atomic mass is 35.5. The fraction of sp³-hybridized carbons (Fsp3) is 0.400. The van der Waals surface area contributed by atoms with E-state index in [1.807, 2.05) is 13.8 Å². The summed E-state index contributed by atoms with van der Waals surface area (Å²) in [6.45, 7) is 3.52. The predicted molar refractivity (Wildman–Crippen MR) is 56.1 cm³/mol. The second-order valence-corrected chi connectivity index (χ2v) is 3.75. The van der Waals surface area contributed by atoms with Gasteiger partial charge >= 0.3 is 0 Å². The van der Waals surface area contributed by atoms with Crippen LogP contribution in [0.25, 0.3) is 0 Å². The Bertz CT molecular complexity index is 328. The molecule has 0 aliphatic rings. The Morgan fingerprint density at radius 1 is 1.50 bits per heavy atom. The zero-order valence-corrected chi connectivity index (χ0v) is 8.90. The average molecular weight is 218 g/mol.